The number of aromatic nitrogens is 2. The number of amides is 2. The number of hydrogen-bond donors (Lipinski definition) is 4. The number of piperidine rings is 1. The van der Waals surface area contributed by atoms with E-state index in [1.165, 1.54) is 0 Å². The standard InChI is InChI=1S/C24H27N5O3/c30-22(8-11-27-24(32)21-2-1-9-25-21)29-18-4-5-19(29)14-17(13-18)28-16-3-6-20-15(12-16)7-10-26-23(20)31/h1-3,6-7,9-10,12,17-19,25,28H,4-5,8,11,13-14H2,(H,26,31)(H,27,32)/t17?,18-,19?/m0/s1. The van der Waals surface area contributed by atoms with Gasteiger partial charge in [0.25, 0.3) is 11.5 Å². The summed E-state index contributed by atoms with van der Waals surface area (Å²) in [4.78, 5) is 44.4. The van der Waals surface area contributed by atoms with E-state index in [4.69, 9.17) is 0 Å². The lowest BCUT2D eigenvalue weighted by Crippen LogP contribution is -2.50. The third-order valence-electron chi connectivity index (χ3n) is 6.63. The van der Waals surface area contributed by atoms with E-state index in [2.05, 4.69) is 25.5 Å². The van der Waals surface area contributed by atoms with Crippen molar-refractivity contribution in [3.8, 4) is 0 Å². The van der Waals surface area contributed by atoms with Crippen LogP contribution in [0.4, 0.5) is 5.69 Å². The van der Waals surface area contributed by atoms with E-state index >= 15 is 0 Å². The average molecular weight is 434 g/mol. The van der Waals surface area contributed by atoms with Crippen LogP contribution in [0.5, 0.6) is 0 Å². The molecule has 2 aromatic heterocycles. The monoisotopic (exact) mass is 433 g/mol. The molecule has 1 aromatic carbocycles. The number of nitrogens with zero attached hydrogens (tertiary/aromatic N) is 1. The summed E-state index contributed by atoms with van der Waals surface area (Å²) in [6.07, 6.45) is 7.55. The number of pyridine rings is 1. The first kappa shape index (κ1) is 20.4. The first-order valence-corrected chi connectivity index (χ1v) is 11.2. The Morgan fingerprint density at radius 2 is 1.84 bits per heavy atom. The zero-order chi connectivity index (χ0) is 22.1. The number of rotatable bonds is 6. The first-order valence-electron chi connectivity index (χ1n) is 11.2. The number of nitrogens with one attached hydrogen (secondary N) is 4. The molecule has 0 radical (unpaired) electrons. The molecule has 5 rings (SSSR count). The van der Waals surface area contributed by atoms with E-state index in [0.29, 0.717) is 30.1 Å². The van der Waals surface area contributed by atoms with Gasteiger partial charge in [-0.1, -0.05) is 0 Å². The van der Waals surface area contributed by atoms with Crippen LogP contribution in [-0.2, 0) is 4.79 Å². The molecule has 0 aliphatic carbocycles. The summed E-state index contributed by atoms with van der Waals surface area (Å²) in [5.74, 6) is -0.0706. The smallest absolute Gasteiger partial charge is 0.267 e. The summed E-state index contributed by atoms with van der Waals surface area (Å²) in [5, 5.41) is 8.02. The molecule has 2 fully saturated rings. The van der Waals surface area contributed by atoms with Crippen molar-refractivity contribution in [1.82, 2.24) is 20.2 Å². The minimum atomic E-state index is -0.189. The Labute approximate surface area is 185 Å². The van der Waals surface area contributed by atoms with Crippen LogP contribution in [0.1, 0.15) is 42.6 Å². The lowest BCUT2D eigenvalue weighted by molar-refractivity contribution is -0.135. The highest BCUT2D eigenvalue weighted by atomic mass is 16.2. The summed E-state index contributed by atoms with van der Waals surface area (Å²) in [5.41, 5.74) is 1.42. The van der Waals surface area contributed by atoms with E-state index in [0.717, 1.165) is 36.8 Å². The maximum atomic E-state index is 12.9. The molecule has 3 aromatic rings. The number of benzene rings is 1. The zero-order valence-electron chi connectivity index (χ0n) is 17.8. The van der Waals surface area contributed by atoms with Gasteiger partial charge in [-0.05, 0) is 67.5 Å². The van der Waals surface area contributed by atoms with Gasteiger partial charge in [0.2, 0.25) is 5.91 Å². The number of H-pyrrole nitrogens is 2. The minimum Gasteiger partial charge on any atom is -0.382 e. The second-order valence-electron chi connectivity index (χ2n) is 8.70. The molecule has 2 aliphatic heterocycles. The van der Waals surface area contributed by atoms with Gasteiger partial charge >= 0.3 is 0 Å². The van der Waals surface area contributed by atoms with Gasteiger partial charge in [-0.25, -0.2) is 0 Å². The molecule has 4 N–H and O–H groups in total. The number of hydrogen-bond acceptors (Lipinski definition) is 4. The van der Waals surface area contributed by atoms with E-state index in [-0.39, 0.29) is 29.5 Å². The molecule has 3 atom stereocenters. The first-order chi connectivity index (χ1) is 15.6. The van der Waals surface area contributed by atoms with E-state index in [9.17, 15) is 14.4 Å². The van der Waals surface area contributed by atoms with Crippen molar-refractivity contribution in [1.29, 1.82) is 0 Å². The normalized spacial score (nSPS) is 22.1. The lowest BCUT2D eigenvalue weighted by atomic mass is 9.96. The number of anilines is 1. The van der Waals surface area contributed by atoms with E-state index in [1.807, 2.05) is 24.3 Å². The molecule has 166 valence electrons. The van der Waals surface area contributed by atoms with Gasteiger partial charge in [0, 0.05) is 54.6 Å². The number of carbonyl (C=O) groups is 2. The molecule has 2 unspecified atom stereocenters. The van der Waals surface area contributed by atoms with Crippen molar-refractivity contribution in [2.24, 2.45) is 0 Å². The number of carbonyl (C=O) groups excluding carboxylic acids is 2. The fraction of sp³-hybridized carbons (Fsp3) is 0.375. The molecular weight excluding hydrogens is 406 g/mol. The number of fused-ring (bicyclic) bond motifs is 3. The molecule has 2 amide bonds. The largest absolute Gasteiger partial charge is 0.382 e. The second kappa shape index (κ2) is 8.53. The average Bonchev–Trinajstić information content (AvgIpc) is 3.41. The maximum Gasteiger partial charge on any atom is 0.267 e. The van der Waals surface area contributed by atoms with Crippen molar-refractivity contribution in [3.63, 3.8) is 0 Å². The Balaban J connectivity index is 1.17. The van der Waals surface area contributed by atoms with E-state index in [1.54, 1.807) is 24.5 Å². The Bertz CT molecular complexity index is 1170. The summed E-state index contributed by atoms with van der Waals surface area (Å²) in [7, 11) is 0. The SMILES string of the molecule is O=C(NCCC(=O)N1C2CC[C@H]1CC(Nc1ccc3c(=O)[nH]ccc3c1)C2)c1ccc[nH]1. The molecule has 8 heteroatoms. The zero-order valence-corrected chi connectivity index (χ0v) is 17.8. The molecule has 2 bridgehead atoms. The fourth-order valence-electron chi connectivity index (χ4n) is 5.20. The van der Waals surface area contributed by atoms with Gasteiger partial charge in [-0.15, -0.1) is 0 Å². The summed E-state index contributed by atoms with van der Waals surface area (Å²) in [6.45, 7) is 0.338. The van der Waals surface area contributed by atoms with Crippen LogP contribution in [0.2, 0.25) is 0 Å². The summed E-state index contributed by atoms with van der Waals surface area (Å²) >= 11 is 0. The summed E-state index contributed by atoms with van der Waals surface area (Å²) < 4.78 is 0. The lowest BCUT2D eigenvalue weighted by Gasteiger charge is -2.39. The molecule has 2 saturated heterocycles. The molecule has 2 aliphatic rings. The van der Waals surface area contributed by atoms with Crippen LogP contribution < -0.4 is 16.2 Å². The van der Waals surface area contributed by atoms with Crippen LogP contribution >= 0.6 is 0 Å². The molecular formula is C24H27N5O3. The third kappa shape index (κ3) is 4.00. The minimum absolute atomic E-state index is 0.0806. The maximum absolute atomic E-state index is 12.9. The van der Waals surface area contributed by atoms with Gasteiger partial charge in [0.15, 0.2) is 0 Å². The second-order valence-corrected chi connectivity index (χ2v) is 8.70. The molecule has 0 saturated carbocycles. The highest BCUT2D eigenvalue weighted by Crippen LogP contribution is 2.37. The van der Waals surface area contributed by atoms with Crippen molar-refractivity contribution in [2.75, 3.05) is 11.9 Å². The van der Waals surface area contributed by atoms with Crippen molar-refractivity contribution < 1.29 is 9.59 Å². The van der Waals surface area contributed by atoms with Crippen molar-refractivity contribution in [2.45, 2.75) is 50.2 Å². The highest BCUT2D eigenvalue weighted by Gasteiger charge is 2.42. The molecule has 32 heavy (non-hydrogen) atoms. The van der Waals surface area contributed by atoms with Gasteiger partial charge in [-0.2, -0.15) is 0 Å². The van der Waals surface area contributed by atoms with Crippen LogP contribution in [0.25, 0.3) is 10.8 Å². The Hall–Kier alpha value is -3.55. The van der Waals surface area contributed by atoms with Gasteiger partial charge in [0.05, 0.1) is 0 Å². The Morgan fingerprint density at radius 3 is 2.59 bits per heavy atom. The van der Waals surface area contributed by atoms with Crippen LogP contribution in [0.3, 0.4) is 0 Å². The predicted octanol–water partition coefficient (Wildman–Crippen LogP) is 2.61. The third-order valence-corrected chi connectivity index (χ3v) is 6.63. The van der Waals surface area contributed by atoms with E-state index < -0.39 is 0 Å². The molecule has 4 heterocycles. The van der Waals surface area contributed by atoms with Crippen molar-refractivity contribution >= 4 is 28.3 Å². The quantitative estimate of drug-likeness (QED) is 0.479. The van der Waals surface area contributed by atoms with Crippen LogP contribution in [-0.4, -0.2) is 51.4 Å². The Morgan fingerprint density at radius 1 is 1.03 bits per heavy atom. The number of aromatic amines is 2. The highest BCUT2D eigenvalue weighted by molar-refractivity contribution is 5.92. The van der Waals surface area contributed by atoms with Crippen LogP contribution in [0, 0.1) is 0 Å². The van der Waals surface area contributed by atoms with Gasteiger partial charge in [0.1, 0.15) is 5.69 Å². The molecule has 0 spiro atoms. The summed E-state index contributed by atoms with van der Waals surface area (Å²) in [6, 6.07) is 12.0. The van der Waals surface area contributed by atoms with Gasteiger partial charge < -0.3 is 25.5 Å². The van der Waals surface area contributed by atoms with Gasteiger partial charge in [-0.3, -0.25) is 14.4 Å². The van der Waals surface area contributed by atoms with Crippen molar-refractivity contribution in [3.05, 3.63) is 64.8 Å². The predicted molar refractivity (Wildman–Crippen MR) is 123 cm³/mol. The fourth-order valence-corrected chi connectivity index (χ4v) is 5.20. The van der Waals surface area contributed by atoms with Crippen LogP contribution in [0.15, 0.2) is 53.6 Å². The Kier molecular flexibility index (Phi) is 5.43. The molecule has 8 nitrogen and oxygen atoms in total. The topological polar surface area (TPSA) is 110 Å².